The summed E-state index contributed by atoms with van der Waals surface area (Å²) in [6.07, 6.45) is 1.64. The minimum Gasteiger partial charge on any atom is -0.479 e. The molecule has 0 saturated carbocycles. The highest BCUT2D eigenvalue weighted by atomic mass is 16.6. The molecule has 0 aliphatic carbocycles. The number of fused-ring (bicyclic) bond motifs is 1. The van der Waals surface area contributed by atoms with Gasteiger partial charge in [-0.05, 0) is 24.2 Å². The van der Waals surface area contributed by atoms with Crippen LogP contribution >= 0.6 is 0 Å². The first kappa shape index (κ1) is 11.4. The van der Waals surface area contributed by atoms with Crippen molar-refractivity contribution in [3.8, 4) is 5.75 Å². The summed E-state index contributed by atoms with van der Waals surface area (Å²) in [5, 5.41) is 4.87. The van der Waals surface area contributed by atoms with Gasteiger partial charge in [0.15, 0.2) is 5.75 Å². The molecule has 0 aliphatic heterocycles. The maximum Gasteiger partial charge on any atom is 0.223 e. The van der Waals surface area contributed by atoms with Crippen molar-refractivity contribution < 1.29 is 9.57 Å². The van der Waals surface area contributed by atoms with Crippen molar-refractivity contribution in [2.75, 3.05) is 6.61 Å². The number of para-hydroxylation sites is 1. The zero-order valence-corrected chi connectivity index (χ0v) is 9.88. The monoisotopic (exact) mass is 230 g/mol. The van der Waals surface area contributed by atoms with Gasteiger partial charge in [0.2, 0.25) is 5.90 Å². The van der Waals surface area contributed by atoms with Gasteiger partial charge >= 0.3 is 0 Å². The molecule has 2 aromatic rings. The van der Waals surface area contributed by atoms with E-state index < -0.39 is 0 Å². The molecule has 4 nitrogen and oxygen atoms in total. The Balaban J connectivity index is 2.17. The first-order chi connectivity index (χ1) is 8.29. The van der Waals surface area contributed by atoms with Crippen LogP contribution in [0.15, 0.2) is 41.7 Å². The Morgan fingerprint density at radius 3 is 3.00 bits per heavy atom. The summed E-state index contributed by atoms with van der Waals surface area (Å²) in [5.74, 6) is 1.10. The second-order valence-corrected chi connectivity index (χ2v) is 3.50. The fourth-order valence-electron chi connectivity index (χ4n) is 1.45. The highest BCUT2D eigenvalue weighted by molar-refractivity contribution is 5.79. The van der Waals surface area contributed by atoms with Crippen LogP contribution in [0.4, 0.5) is 0 Å². The third-order valence-electron chi connectivity index (χ3n) is 2.20. The number of ether oxygens (including phenoxy) is 1. The van der Waals surface area contributed by atoms with Crippen LogP contribution in [-0.4, -0.2) is 17.5 Å². The van der Waals surface area contributed by atoms with E-state index >= 15 is 0 Å². The van der Waals surface area contributed by atoms with Crippen LogP contribution in [-0.2, 0) is 4.74 Å². The van der Waals surface area contributed by atoms with Crippen LogP contribution in [0.5, 0.6) is 5.75 Å². The molecule has 4 heteroatoms. The summed E-state index contributed by atoms with van der Waals surface area (Å²) in [5.41, 5.74) is 0.936. The van der Waals surface area contributed by atoms with Gasteiger partial charge in [0.1, 0.15) is 0 Å². The maximum atomic E-state index is 5.23. The van der Waals surface area contributed by atoms with Crippen molar-refractivity contribution >= 4 is 16.8 Å². The number of benzene rings is 1. The van der Waals surface area contributed by atoms with Crippen molar-refractivity contribution in [1.82, 2.24) is 4.98 Å². The van der Waals surface area contributed by atoms with Gasteiger partial charge in [-0.25, -0.2) is 0 Å². The van der Waals surface area contributed by atoms with Crippen molar-refractivity contribution in [3.05, 3.63) is 36.5 Å². The van der Waals surface area contributed by atoms with E-state index in [4.69, 9.17) is 9.57 Å². The van der Waals surface area contributed by atoms with E-state index in [-0.39, 0.29) is 0 Å². The molecule has 17 heavy (non-hydrogen) atoms. The maximum absolute atomic E-state index is 5.23. The van der Waals surface area contributed by atoms with Gasteiger partial charge in [-0.2, -0.15) is 0 Å². The standard InChI is InChI=1S/C13H14N2O2/c1-3-16-10(2)15-17-12-8-11-6-4-5-7-13(11)14-9-12/h4-9H,3H2,1-2H3/b15-10+. The van der Waals surface area contributed by atoms with Crippen LogP contribution in [0.3, 0.4) is 0 Å². The summed E-state index contributed by atoms with van der Waals surface area (Å²) in [7, 11) is 0. The lowest BCUT2D eigenvalue weighted by molar-refractivity contribution is 0.275. The second kappa shape index (κ2) is 5.30. The molecule has 0 atom stereocenters. The van der Waals surface area contributed by atoms with Crippen molar-refractivity contribution in [1.29, 1.82) is 0 Å². The first-order valence-corrected chi connectivity index (χ1v) is 5.49. The fraction of sp³-hybridized carbons (Fsp3) is 0.231. The largest absolute Gasteiger partial charge is 0.479 e. The molecule has 0 fully saturated rings. The Morgan fingerprint density at radius 2 is 2.18 bits per heavy atom. The van der Waals surface area contributed by atoms with Crippen LogP contribution in [0, 0.1) is 0 Å². The smallest absolute Gasteiger partial charge is 0.223 e. The lowest BCUT2D eigenvalue weighted by Gasteiger charge is -2.03. The average Bonchev–Trinajstić information content (AvgIpc) is 2.36. The van der Waals surface area contributed by atoms with E-state index in [1.165, 1.54) is 0 Å². The number of pyridine rings is 1. The van der Waals surface area contributed by atoms with Crippen LogP contribution in [0.25, 0.3) is 10.9 Å². The number of hydrogen-bond donors (Lipinski definition) is 0. The van der Waals surface area contributed by atoms with Crippen molar-refractivity contribution in [3.63, 3.8) is 0 Å². The van der Waals surface area contributed by atoms with E-state index in [0.29, 0.717) is 18.3 Å². The molecule has 0 bridgehead atoms. The van der Waals surface area contributed by atoms with Gasteiger partial charge in [-0.15, -0.1) is 0 Å². The summed E-state index contributed by atoms with van der Waals surface area (Å²) >= 11 is 0. The Labute approximate surface area is 99.9 Å². The Hall–Kier alpha value is -2.10. The van der Waals surface area contributed by atoms with Gasteiger partial charge in [-0.3, -0.25) is 4.98 Å². The zero-order valence-electron chi connectivity index (χ0n) is 9.88. The molecule has 0 saturated heterocycles. The van der Waals surface area contributed by atoms with Gasteiger partial charge in [-0.1, -0.05) is 18.2 Å². The molecule has 0 radical (unpaired) electrons. The summed E-state index contributed by atoms with van der Waals surface area (Å²) in [6, 6.07) is 9.74. The predicted molar refractivity (Wildman–Crippen MR) is 67.1 cm³/mol. The topological polar surface area (TPSA) is 43.7 Å². The molecule has 2 rings (SSSR count). The molecule has 1 heterocycles. The van der Waals surface area contributed by atoms with E-state index in [0.717, 1.165) is 10.9 Å². The third kappa shape index (κ3) is 2.93. The Morgan fingerprint density at radius 1 is 1.35 bits per heavy atom. The van der Waals surface area contributed by atoms with E-state index in [1.807, 2.05) is 37.3 Å². The minimum absolute atomic E-state index is 0.501. The molecular formula is C13H14N2O2. The summed E-state index contributed by atoms with van der Waals surface area (Å²) in [4.78, 5) is 9.50. The molecular weight excluding hydrogens is 216 g/mol. The van der Waals surface area contributed by atoms with E-state index in [1.54, 1.807) is 13.1 Å². The number of hydrogen-bond acceptors (Lipinski definition) is 4. The van der Waals surface area contributed by atoms with Gasteiger partial charge in [0, 0.05) is 12.3 Å². The Bertz CT molecular complexity index is 538. The van der Waals surface area contributed by atoms with Crippen LogP contribution < -0.4 is 4.84 Å². The lowest BCUT2D eigenvalue weighted by atomic mass is 10.2. The van der Waals surface area contributed by atoms with Crippen molar-refractivity contribution in [2.45, 2.75) is 13.8 Å². The minimum atomic E-state index is 0.501. The quantitative estimate of drug-likeness (QED) is 0.462. The number of rotatable bonds is 3. The van der Waals surface area contributed by atoms with Crippen molar-refractivity contribution in [2.24, 2.45) is 5.16 Å². The van der Waals surface area contributed by atoms with Gasteiger partial charge in [0.05, 0.1) is 18.3 Å². The lowest BCUT2D eigenvalue weighted by Crippen LogP contribution is -2.01. The predicted octanol–water partition coefficient (Wildman–Crippen LogP) is 2.98. The number of oxime groups is 1. The normalized spacial score (nSPS) is 11.5. The highest BCUT2D eigenvalue weighted by Gasteiger charge is 1.98. The van der Waals surface area contributed by atoms with Crippen LogP contribution in [0.2, 0.25) is 0 Å². The molecule has 0 amide bonds. The Kier molecular flexibility index (Phi) is 3.55. The van der Waals surface area contributed by atoms with Gasteiger partial charge in [0.25, 0.3) is 0 Å². The molecule has 0 spiro atoms. The fourth-order valence-corrected chi connectivity index (χ4v) is 1.45. The molecule has 0 aliphatic rings. The highest BCUT2D eigenvalue weighted by Crippen LogP contribution is 2.17. The molecule has 88 valence electrons. The number of nitrogens with zero attached hydrogens (tertiary/aromatic N) is 2. The SMILES string of the molecule is CCO/C(C)=N/Oc1cnc2ccccc2c1. The van der Waals surface area contributed by atoms with E-state index in [2.05, 4.69) is 10.1 Å². The van der Waals surface area contributed by atoms with Gasteiger partial charge < -0.3 is 9.57 Å². The van der Waals surface area contributed by atoms with E-state index in [9.17, 15) is 0 Å². The molecule has 1 aromatic carbocycles. The molecule has 0 N–H and O–H groups in total. The first-order valence-electron chi connectivity index (χ1n) is 5.49. The number of aromatic nitrogens is 1. The zero-order chi connectivity index (χ0) is 12.1. The second-order valence-electron chi connectivity index (χ2n) is 3.50. The summed E-state index contributed by atoms with van der Waals surface area (Å²) in [6.45, 7) is 4.23. The molecule has 1 aromatic heterocycles. The third-order valence-corrected chi connectivity index (χ3v) is 2.20. The average molecular weight is 230 g/mol. The summed E-state index contributed by atoms with van der Waals surface area (Å²) < 4.78 is 5.16. The molecule has 0 unspecified atom stereocenters. The van der Waals surface area contributed by atoms with Crippen LogP contribution in [0.1, 0.15) is 13.8 Å².